The molecule has 0 radical (unpaired) electrons. The number of halogens is 1. The van der Waals surface area contributed by atoms with Crippen LogP contribution in [0.3, 0.4) is 0 Å². The Morgan fingerprint density at radius 3 is 2.38 bits per heavy atom. The van der Waals surface area contributed by atoms with Crippen LogP contribution in [0.15, 0.2) is 48.5 Å². The van der Waals surface area contributed by atoms with Crippen molar-refractivity contribution >= 4 is 23.1 Å². The molecular weight excluding hydrogens is 271 g/mol. The Labute approximate surface area is 122 Å². The lowest BCUT2D eigenvalue weighted by molar-refractivity contribution is -0.114. The Kier molecular flexibility index (Phi) is 4.66. The van der Waals surface area contributed by atoms with E-state index in [0.717, 1.165) is 0 Å². The van der Waals surface area contributed by atoms with Gasteiger partial charge in [-0.2, -0.15) is 0 Å². The number of benzene rings is 2. The number of ketones is 1. The van der Waals surface area contributed by atoms with E-state index in [1.807, 2.05) is 0 Å². The fraction of sp³-hybridized carbons (Fsp3) is 0.125. The van der Waals surface area contributed by atoms with Gasteiger partial charge < -0.3 is 10.6 Å². The van der Waals surface area contributed by atoms with E-state index in [4.69, 9.17) is 0 Å². The van der Waals surface area contributed by atoms with Crippen molar-refractivity contribution in [1.82, 2.24) is 0 Å². The molecule has 0 aromatic heterocycles. The summed E-state index contributed by atoms with van der Waals surface area (Å²) in [5.74, 6) is -0.710. The molecular formula is C16H15FN2O2. The largest absolute Gasteiger partial charge is 0.376 e. The fourth-order valence-corrected chi connectivity index (χ4v) is 1.86. The average Bonchev–Trinajstić information content (AvgIpc) is 2.48. The van der Waals surface area contributed by atoms with Crippen LogP contribution in [0.1, 0.15) is 17.3 Å². The molecule has 0 bridgehead atoms. The smallest absolute Gasteiger partial charge is 0.243 e. The highest BCUT2D eigenvalue weighted by Gasteiger charge is 2.08. The van der Waals surface area contributed by atoms with E-state index in [1.54, 1.807) is 24.3 Å². The first-order valence-electron chi connectivity index (χ1n) is 6.45. The molecule has 0 aliphatic heterocycles. The van der Waals surface area contributed by atoms with Crippen molar-refractivity contribution in [2.45, 2.75) is 6.92 Å². The minimum Gasteiger partial charge on any atom is -0.376 e. The molecule has 0 fully saturated rings. The summed E-state index contributed by atoms with van der Waals surface area (Å²) in [7, 11) is 0. The molecule has 2 N–H and O–H groups in total. The van der Waals surface area contributed by atoms with Crippen LogP contribution >= 0.6 is 0 Å². The maximum absolute atomic E-state index is 12.8. The zero-order valence-electron chi connectivity index (χ0n) is 11.5. The predicted octanol–water partition coefficient (Wildman–Crippen LogP) is 3.08. The SMILES string of the molecule is CC(=O)c1ccccc1NCC(=O)Nc1ccc(F)cc1. The van der Waals surface area contributed by atoms with E-state index < -0.39 is 0 Å². The van der Waals surface area contributed by atoms with Crippen molar-refractivity contribution < 1.29 is 14.0 Å². The monoisotopic (exact) mass is 286 g/mol. The predicted molar refractivity (Wildman–Crippen MR) is 80.0 cm³/mol. The van der Waals surface area contributed by atoms with Crippen LogP contribution in [-0.4, -0.2) is 18.2 Å². The lowest BCUT2D eigenvalue weighted by atomic mass is 10.1. The highest BCUT2D eigenvalue weighted by Crippen LogP contribution is 2.15. The summed E-state index contributed by atoms with van der Waals surface area (Å²) in [6.45, 7) is 1.49. The van der Waals surface area contributed by atoms with E-state index in [0.29, 0.717) is 16.9 Å². The standard InChI is InChI=1S/C16H15FN2O2/c1-11(20)14-4-2-3-5-15(14)18-10-16(21)19-13-8-6-12(17)7-9-13/h2-9,18H,10H2,1H3,(H,19,21). The molecule has 1 amide bonds. The van der Waals surface area contributed by atoms with Gasteiger partial charge in [0.1, 0.15) is 5.82 Å². The van der Waals surface area contributed by atoms with Crippen molar-refractivity contribution in [2.24, 2.45) is 0 Å². The minimum absolute atomic E-state index is 0.0155. The zero-order valence-corrected chi connectivity index (χ0v) is 11.5. The molecule has 0 unspecified atom stereocenters. The molecule has 0 saturated heterocycles. The quantitative estimate of drug-likeness (QED) is 0.830. The Morgan fingerprint density at radius 2 is 1.71 bits per heavy atom. The number of para-hydroxylation sites is 1. The number of amides is 1. The number of carbonyl (C=O) groups excluding carboxylic acids is 2. The van der Waals surface area contributed by atoms with Crippen LogP contribution in [0, 0.1) is 5.82 Å². The van der Waals surface area contributed by atoms with E-state index >= 15 is 0 Å². The first-order chi connectivity index (χ1) is 10.1. The summed E-state index contributed by atoms with van der Waals surface area (Å²) in [5.41, 5.74) is 1.66. The van der Waals surface area contributed by atoms with Gasteiger partial charge in [0, 0.05) is 16.9 Å². The third-order valence-corrected chi connectivity index (χ3v) is 2.87. The normalized spacial score (nSPS) is 10.0. The average molecular weight is 286 g/mol. The molecule has 0 saturated carbocycles. The van der Waals surface area contributed by atoms with Crippen molar-refractivity contribution in [2.75, 3.05) is 17.2 Å². The van der Waals surface area contributed by atoms with Gasteiger partial charge in [-0.05, 0) is 43.3 Å². The maximum atomic E-state index is 12.8. The van der Waals surface area contributed by atoms with E-state index in [1.165, 1.54) is 31.2 Å². The molecule has 108 valence electrons. The van der Waals surface area contributed by atoms with Crippen LogP contribution < -0.4 is 10.6 Å². The summed E-state index contributed by atoms with van der Waals surface area (Å²) in [4.78, 5) is 23.3. The minimum atomic E-state index is -0.360. The maximum Gasteiger partial charge on any atom is 0.243 e. The van der Waals surface area contributed by atoms with Gasteiger partial charge >= 0.3 is 0 Å². The Balaban J connectivity index is 1.95. The zero-order chi connectivity index (χ0) is 15.2. The second-order valence-corrected chi connectivity index (χ2v) is 4.51. The fourth-order valence-electron chi connectivity index (χ4n) is 1.86. The van der Waals surface area contributed by atoms with E-state index in [-0.39, 0.29) is 24.1 Å². The topological polar surface area (TPSA) is 58.2 Å². The Bertz CT molecular complexity index is 654. The third-order valence-electron chi connectivity index (χ3n) is 2.87. The van der Waals surface area contributed by atoms with Gasteiger partial charge in [0.05, 0.1) is 6.54 Å². The molecule has 21 heavy (non-hydrogen) atoms. The third kappa shape index (κ3) is 4.14. The molecule has 2 aromatic carbocycles. The molecule has 5 heteroatoms. The first kappa shape index (κ1) is 14.7. The van der Waals surface area contributed by atoms with Gasteiger partial charge in [-0.1, -0.05) is 12.1 Å². The summed E-state index contributed by atoms with van der Waals surface area (Å²) in [6.07, 6.45) is 0. The number of carbonyl (C=O) groups is 2. The molecule has 2 aromatic rings. The summed E-state index contributed by atoms with van der Waals surface area (Å²) in [6, 6.07) is 12.5. The number of hydrogen-bond donors (Lipinski definition) is 2. The number of rotatable bonds is 5. The van der Waals surface area contributed by atoms with Crippen LogP contribution in [0.2, 0.25) is 0 Å². The van der Waals surface area contributed by atoms with Gasteiger partial charge in [-0.25, -0.2) is 4.39 Å². The highest BCUT2D eigenvalue weighted by atomic mass is 19.1. The van der Waals surface area contributed by atoms with Crippen LogP contribution in [0.5, 0.6) is 0 Å². The first-order valence-corrected chi connectivity index (χ1v) is 6.45. The molecule has 0 spiro atoms. The number of anilines is 2. The van der Waals surface area contributed by atoms with Crippen molar-refractivity contribution in [3.8, 4) is 0 Å². The van der Waals surface area contributed by atoms with Crippen LogP contribution in [-0.2, 0) is 4.79 Å². The van der Waals surface area contributed by atoms with Gasteiger partial charge in [-0.3, -0.25) is 9.59 Å². The van der Waals surface area contributed by atoms with Gasteiger partial charge in [0.25, 0.3) is 0 Å². The van der Waals surface area contributed by atoms with Gasteiger partial charge in [0.15, 0.2) is 5.78 Å². The number of hydrogen-bond acceptors (Lipinski definition) is 3. The molecule has 0 atom stereocenters. The van der Waals surface area contributed by atoms with Crippen molar-refractivity contribution in [3.05, 3.63) is 59.9 Å². The molecule has 2 rings (SSSR count). The molecule has 0 aliphatic carbocycles. The second kappa shape index (κ2) is 6.65. The summed E-state index contributed by atoms with van der Waals surface area (Å²) >= 11 is 0. The lowest BCUT2D eigenvalue weighted by Crippen LogP contribution is -2.22. The lowest BCUT2D eigenvalue weighted by Gasteiger charge is -2.10. The number of Topliss-reactive ketones (excluding diaryl/α,β-unsaturated/α-hetero) is 1. The molecule has 4 nitrogen and oxygen atoms in total. The molecule has 0 aliphatic rings. The Morgan fingerprint density at radius 1 is 1.05 bits per heavy atom. The number of nitrogens with one attached hydrogen (secondary N) is 2. The van der Waals surface area contributed by atoms with E-state index in [9.17, 15) is 14.0 Å². The van der Waals surface area contributed by atoms with Gasteiger partial charge in [-0.15, -0.1) is 0 Å². The molecule has 0 heterocycles. The van der Waals surface area contributed by atoms with Crippen LogP contribution in [0.25, 0.3) is 0 Å². The summed E-state index contributed by atoms with van der Waals surface area (Å²) in [5, 5.41) is 5.55. The van der Waals surface area contributed by atoms with Crippen LogP contribution in [0.4, 0.5) is 15.8 Å². The van der Waals surface area contributed by atoms with E-state index in [2.05, 4.69) is 10.6 Å². The van der Waals surface area contributed by atoms with Crippen molar-refractivity contribution in [3.63, 3.8) is 0 Å². The second-order valence-electron chi connectivity index (χ2n) is 4.51. The Hall–Kier alpha value is -2.69. The summed E-state index contributed by atoms with van der Waals surface area (Å²) < 4.78 is 12.8. The van der Waals surface area contributed by atoms with Crippen molar-refractivity contribution in [1.29, 1.82) is 0 Å². The highest BCUT2D eigenvalue weighted by molar-refractivity contribution is 6.00. The van der Waals surface area contributed by atoms with Gasteiger partial charge in [0.2, 0.25) is 5.91 Å².